The number of hydrogen-bond donors (Lipinski definition) is 1. The van der Waals surface area contributed by atoms with Crippen LogP contribution in [0.3, 0.4) is 0 Å². The minimum atomic E-state index is -0.494. The number of nitrogens with zero attached hydrogens (tertiary/aromatic N) is 1. The lowest BCUT2D eigenvalue weighted by atomic mass is 10.2. The molecule has 8 heteroatoms. The third kappa shape index (κ3) is 5.19. The zero-order valence-corrected chi connectivity index (χ0v) is 12.9. The molecule has 120 valence electrons. The second-order valence-corrected chi connectivity index (χ2v) is 5.38. The third-order valence-corrected chi connectivity index (χ3v) is 3.63. The van der Waals surface area contributed by atoms with Crippen molar-refractivity contribution < 1.29 is 19.2 Å². The molecular weight excluding hydrogens is 320 g/mol. The lowest BCUT2D eigenvalue weighted by molar-refractivity contribution is -0.384. The molecule has 1 amide bonds. The number of esters is 1. The van der Waals surface area contributed by atoms with Crippen molar-refractivity contribution in [3.05, 3.63) is 62.3 Å². The first-order valence-electron chi connectivity index (χ1n) is 6.75. The number of amides is 1. The van der Waals surface area contributed by atoms with E-state index in [1.165, 1.54) is 35.6 Å². The van der Waals surface area contributed by atoms with Gasteiger partial charge in [-0.05, 0) is 29.1 Å². The van der Waals surface area contributed by atoms with Crippen LogP contribution in [0.25, 0.3) is 0 Å². The summed E-state index contributed by atoms with van der Waals surface area (Å²) in [5, 5.41) is 16.7. The Kier molecular flexibility index (Phi) is 5.81. The molecule has 7 nitrogen and oxygen atoms in total. The van der Waals surface area contributed by atoms with E-state index >= 15 is 0 Å². The standard InChI is InChI=1S/C15H14N2O5S/c18-14(5-7-16-15(19)12-6-8-23-10-12)22-9-11-1-3-13(4-2-11)17(20)21/h1-4,6,8,10H,5,7,9H2,(H,16,19). The molecular formula is C15H14N2O5S. The highest BCUT2D eigenvalue weighted by Gasteiger charge is 2.09. The zero-order chi connectivity index (χ0) is 16.7. The van der Waals surface area contributed by atoms with E-state index in [0.29, 0.717) is 11.1 Å². The molecule has 0 atom stereocenters. The van der Waals surface area contributed by atoms with Crippen molar-refractivity contribution in [1.29, 1.82) is 0 Å². The molecule has 2 aromatic rings. The van der Waals surface area contributed by atoms with Crippen LogP contribution in [-0.2, 0) is 16.1 Å². The number of nitro benzene ring substituents is 1. The molecule has 0 aliphatic rings. The van der Waals surface area contributed by atoms with Crippen LogP contribution in [0.15, 0.2) is 41.1 Å². The molecule has 0 spiro atoms. The van der Waals surface area contributed by atoms with Gasteiger partial charge >= 0.3 is 5.97 Å². The maximum absolute atomic E-state index is 11.6. The minimum Gasteiger partial charge on any atom is -0.461 e. The molecule has 0 radical (unpaired) electrons. The number of carbonyl (C=O) groups is 2. The van der Waals surface area contributed by atoms with Crippen molar-refractivity contribution in [1.82, 2.24) is 5.32 Å². The van der Waals surface area contributed by atoms with Gasteiger partial charge in [-0.25, -0.2) is 0 Å². The SMILES string of the molecule is O=C(CCNC(=O)c1ccsc1)OCc1ccc([N+](=O)[O-])cc1. The average molecular weight is 334 g/mol. The van der Waals surface area contributed by atoms with E-state index < -0.39 is 10.9 Å². The van der Waals surface area contributed by atoms with Gasteiger partial charge in [-0.2, -0.15) is 11.3 Å². The number of rotatable bonds is 7. The van der Waals surface area contributed by atoms with E-state index in [9.17, 15) is 19.7 Å². The fourth-order valence-corrected chi connectivity index (χ4v) is 2.36. The molecule has 23 heavy (non-hydrogen) atoms. The van der Waals surface area contributed by atoms with Crippen LogP contribution in [0, 0.1) is 10.1 Å². The minimum absolute atomic E-state index is 0.0174. The van der Waals surface area contributed by atoms with Crippen molar-refractivity contribution in [3.63, 3.8) is 0 Å². The first-order valence-corrected chi connectivity index (χ1v) is 7.70. The van der Waals surface area contributed by atoms with Crippen LogP contribution >= 0.6 is 11.3 Å². The van der Waals surface area contributed by atoms with Gasteiger partial charge in [-0.1, -0.05) is 0 Å². The van der Waals surface area contributed by atoms with Gasteiger partial charge < -0.3 is 10.1 Å². The summed E-state index contributed by atoms with van der Waals surface area (Å²) in [5.41, 5.74) is 1.21. The van der Waals surface area contributed by atoms with E-state index in [2.05, 4.69) is 5.32 Å². The predicted molar refractivity (Wildman–Crippen MR) is 84.2 cm³/mol. The number of carbonyl (C=O) groups excluding carboxylic acids is 2. The molecule has 0 fully saturated rings. The van der Waals surface area contributed by atoms with Crippen molar-refractivity contribution in [2.45, 2.75) is 13.0 Å². The molecule has 1 N–H and O–H groups in total. The number of non-ortho nitro benzene ring substituents is 1. The largest absolute Gasteiger partial charge is 0.461 e. The predicted octanol–water partition coefficient (Wildman–Crippen LogP) is 2.52. The third-order valence-electron chi connectivity index (χ3n) is 2.95. The molecule has 1 aromatic carbocycles. The highest BCUT2D eigenvalue weighted by Crippen LogP contribution is 2.12. The van der Waals surface area contributed by atoms with E-state index in [-0.39, 0.29) is 31.2 Å². The van der Waals surface area contributed by atoms with Crippen LogP contribution < -0.4 is 5.32 Å². The fraction of sp³-hybridized carbons (Fsp3) is 0.200. The van der Waals surface area contributed by atoms with Crippen LogP contribution in [0.1, 0.15) is 22.3 Å². The van der Waals surface area contributed by atoms with Crippen LogP contribution in [0.5, 0.6) is 0 Å². The molecule has 0 aliphatic heterocycles. The van der Waals surface area contributed by atoms with E-state index in [1.807, 2.05) is 0 Å². The molecule has 2 rings (SSSR count). The fourth-order valence-electron chi connectivity index (χ4n) is 1.72. The molecule has 1 heterocycles. The number of thiophene rings is 1. The number of nitro groups is 1. The van der Waals surface area contributed by atoms with Crippen LogP contribution in [-0.4, -0.2) is 23.3 Å². The van der Waals surface area contributed by atoms with Crippen LogP contribution in [0.2, 0.25) is 0 Å². The quantitative estimate of drug-likeness (QED) is 0.476. The number of hydrogen-bond acceptors (Lipinski definition) is 6. The Morgan fingerprint density at radius 3 is 2.57 bits per heavy atom. The van der Waals surface area contributed by atoms with Crippen molar-refractivity contribution in [3.8, 4) is 0 Å². The first kappa shape index (κ1) is 16.6. The van der Waals surface area contributed by atoms with Gasteiger partial charge in [0.1, 0.15) is 6.61 Å². The number of benzene rings is 1. The Labute approximate surface area is 136 Å². The lowest BCUT2D eigenvalue weighted by Gasteiger charge is -2.06. The molecule has 0 unspecified atom stereocenters. The Morgan fingerprint density at radius 1 is 1.22 bits per heavy atom. The Bertz CT molecular complexity index is 682. The maximum Gasteiger partial charge on any atom is 0.307 e. The molecule has 0 aliphatic carbocycles. The number of nitrogens with one attached hydrogen (secondary N) is 1. The van der Waals surface area contributed by atoms with Gasteiger partial charge in [-0.15, -0.1) is 0 Å². The monoisotopic (exact) mass is 334 g/mol. The summed E-state index contributed by atoms with van der Waals surface area (Å²) in [6, 6.07) is 7.47. The van der Waals surface area contributed by atoms with Gasteiger partial charge in [0.25, 0.3) is 11.6 Å². The van der Waals surface area contributed by atoms with Crippen molar-refractivity contribution in [2.75, 3.05) is 6.54 Å². The van der Waals surface area contributed by atoms with Gasteiger partial charge in [0.2, 0.25) is 0 Å². The smallest absolute Gasteiger partial charge is 0.307 e. The summed E-state index contributed by atoms with van der Waals surface area (Å²) in [6.45, 7) is 0.225. The average Bonchev–Trinajstić information content (AvgIpc) is 3.07. The Hall–Kier alpha value is -2.74. The maximum atomic E-state index is 11.6. The summed E-state index contributed by atoms with van der Waals surface area (Å²) in [4.78, 5) is 33.3. The molecule has 1 aromatic heterocycles. The second-order valence-electron chi connectivity index (χ2n) is 4.60. The summed E-state index contributed by atoms with van der Waals surface area (Å²) < 4.78 is 5.04. The van der Waals surface area contributed by atoms with E-state index in [0.717, 1.165) is 0 Å². The number of ether oxygens (including phenoxy) is 1. The van der Waals surface area contributed by atoms with Crippen molar-refractivity contribution in [2.24, 2.45) is 0 Å². The van der Waals surface area contributed by atoms with E-state index in [4.69, 9.17) is 4.74 Å². The molecule has 0 saturated carbocycles. The lowest BCUT2D eigenvalue weighted by Crippen LogP contribution is -2.26. The van der Waals surface area contributed by atoms with Gasteiger partial charge in [0.05, 0.1) is 11.3 Å². The first-order chi connectivity index (χ1) is 11.1. The van der Waals surface area contributed by atoms with Gasteiger partial charge in [0, 0.05) is 29.6 Å². The van der Waals surface area contributed by atoms with E-state index in [1.54, 1.807) is 16.8 Å². The normalized spacial score (nSPS) is 10.1. The highest BCUT2D eigenvalue weighted by molar-refractivity contribution is 7.08. The van der Waals surface area contributed by atoms with Gasteiger partial charge in [0.15, 0.2) is 0 Å². The van der Waals surface area contributed by atoms with Crippen molar-refractivity contribution >= 4 is 28.9 Å². The van der Waals surface area contributed by atoms with Crippen LogP contribution in [0.4, 0.5) is 5.69 Å². The summed E-state index contributed by atoms with van der Waals surface area (Å²) in [6.07, 6.45) is 0.0584. The highest BCUT2D eigenvalue weighted by atomic mass is 32.1. The second kappa shape index (κ2) is 8.04. The summed E-state index contributed by atoms with van der Waals surface area (Å²) >= 11 is 1.42. The summed E-state index contributed by atoms with van der Waals surface area (Å²) in [7, 11) is 0. The zero-order valence-electron chi connectivity index (χ0n) is 12.1. The molecule has 0 bridgehead atoms. The molecule has 0 saturated heterocycles. The Balaban J connectivity index is 1.68. The Morgan fingerprint density at radius 2 is 1.96 bits per heavy atom. The topological polar surface area (TPSA) is 98.5 Å². The summed E-state index contributed by atoms with van der Waals surface area (Å²) in [5.74, 6) is -0.677. The van der Waals surface area contributed by atoms with Gasteiger partial charge in [-0.3, -0.25) is 19.7 Å².